The van der Waals surface area contributed by atoms with E-state index in [9.17, 15) is 17.6 Å². The van der Waals surface area contributed by atoms with Crippen molar-refractivity contribution in [2.75, 3.05) is 32.0 Å². The summed E-state index contributed by atoms with van der Waals surface area (Å²) in [7, 11) is -2.01. The molecule has 1 fully saturated rings. The normalized spacial score (nSPS) is 19.4. The first kappa shape index (κ1) is 21.6. The van der Waals surface area contributed by atoms with Crippen LogP contribution in [0.3, 0.4) is 0 Å². The minimum atomic E-state index is -3.80. The molecule has 1 aromatic carbocycles. The quantitative estimate of drug-likeness (QED) is 0.771. The highest BCUT2D eigenvalue weighted by Gasteiger charge is 2.36. The van der Waals surface area contributed by atoms with Gasteiger partial charge in [0.05, 0.1) is 17.1 Å². The smallest absolute Gasteiger partial charge is 0.243 e. The van der Waals surface area contributed by atoms with Crippen molar-refractivity contribution >= 4 is 21.7 Å². The molecule has 0 aliphatic carbocycles. The van der Waals surface area contributed by atoms with Crippen LogP contribution in [0.4, 0.5) is 10.2 Å². The first-order valence-corrected chi connectivity index (χ1v) is 11.7. The molecule has 1 amide bonds. The van der Waals surface area contributed by atoms with Gasteiger partial charge in [0.15, 0.2) is 0 Å². The zero-order chi connectivity index (χ0) is 22.3. The van der Waals surface area contributed by atoms with Gasteiger partial charge in [-0.2, -0.15) is 4.31 Å². The number of hydrogen-bond donors (Lipinski definition) is 1. The van der Waals surface area contributed by atoms with Crippen molar-refractivity contribution in [1.29, 1.82) is 0 Å². The Morgan fingerprint density at radius 2 is 2.03 bits per heavy atom. The lowest BCUT2D eigenvalue weighted by Gasteiger charge is -2.29. The van der Waals surface area contributed by atoms with Crippen molar-refractivity contribution < 1.29 is 17.6 Å². The fourth-order valence-electron chi connectivity index (χ4n) is 4.15. The van der Waals surface area contributed by atoms with Gasteiger partial charge in [-0.3, -0.25) is 4.79 Å². The number of halogens is 1. The molecule has 0 radical (unpaired) electrons. The van der Waals surface area contributed by atoms with E-state index >= 15 is 0 Å². The molecular formula is C21H26FN5O3S. The molecule has 31 heavy (non-hydrogen) atoms. The average molecular weight is 448 g/mol. The number of hydrogen-bond acceptors (Lipinski definition) is 6. The van der Waals surface area contributed by atoms with E-state index < -0.39 is 15.8 Å². The maximum atomic E-state index is 13.9. The third-order valence-electron chi connectivity index (χ3n) is 6.06. The third-order valence-corrected chi connectivity index (χ3v) is 7.92. The summed E-state index contributed by atoms with van der Waals surface area (Å²) in [5.74, 6) is 0.588. The van der Waals surface area contributed by atoms with Crippen LogP contribution in [0.2, 0.25) is 0 Å². The van der Waals surface area contributed by atoms with E-state index in [4.69, 9.17) is 4.98 Å². The van der Waals surface area contributed by atoms with E-state index in [-0.39, 0.29) is 23.3 Å². The van der Waals surface area contributed by atoms with Crippen LogP contribution in [-0.2, 0) is 27.8 Å². The predicted octanol–water partition coefficient (Wildman–Crippen LogP) is 2.05. The Morgan fingerprint density at radius 3 is 2.71 bits per heavy atom. The summed E-state index contributed by atoms with van der Waals surface area (Å²) in [6.07, 6.45) is 1.25. The number of carbonyl (C=O) groups is 1. The minimum absolute atomic E-state index is 0.000264. The van der Waals surface area contributed by atoms with Crippen LogP contribution in [0.25, 0.3) is 0 Å². The van der Waals surface area contributed by atoms with E-state index in [1.54, 1.807) is 25.8 Å². The van der Waals surface area contributed by atoms with Crippen LogP contribution in [0.1, 0.15) is 41.9 Å². The van der Waals surface area contributed by atoms with Gasteiger partial charge in [0.2, 0.25) is 15.9 Å². The number of amides is 1. The molecule has 1 atom stereocenters. The van der Waals surface area contributed by atoms with Crippen molar-refractivity contribution in [2.24, 2.45) is 0 Å². The molecule has 0 saturated carbocycles. The first-order valence-electron chi connectivity index (χ1n) is 10.3. The number of aryl methyl sites for hydroxylation is 1. The Bertz CT molecular complexity index is 1140. The summed E-state index contributed by atoms with van der Waals surface area (Å²) in [5.41, 5.74) is 2.21. The molecule has 8 nitrogen and oxygen atoms in total. The molecule has 0 spiro atoms. The molecule has 0 bridgehead atoms. The largest absolute Gasteiger partial charge is 0.373 e. The Balaban J connectivity index is 1.60. The van der Waals surface area contributed by atoms with E-state index in [0.717, 1.165) is 23.1 Å². The number of rotatable bonds is 4. The lowest BCUT2D eigenvalue weighted by Crippen LogP contribution is -2.35. The Morgan fingerprint density at radius 1 is 1.26 bits per heavy atom. The number of nitrogens with one attached hydrogen (secondary N) is 1. The molecule has 1 saturated heterocycles. The molecule has 2 aliphatic heterocycles. The highest BCUT2D eigenvalue weighted by atomic mass is 32.2. The highest BCUT2D eigenvalue weighted by molar-refractivity contribution is 7.89. The first-order chi connectivity index (χ1) is 14.7. The van der Waals surface area contributed by atoms with Gasteiger partial charge < -0.3 is 10.2 Å². The van der Waals surface area contributed by atoms with Gasteiger partial charge in [-0.05, 0) is 37.5 Å². The van der Waals surface area contributed by atoms with Crippen molar-refractivity contribution in [3.05, 3.63) is 46.7 Å². The summed E-state index contributed by atoms with van der Waals surface area (Å²) in [5, 5.41) is 3.11. The molecule has 166 valence electrons. The fourth-order valence-corrected chi connectivity index (χ4v) is 5.66. The average Bonchev–Trinajstić information content (AvgIpc) is 3.25. The SMILES string of the molecule is CNc1nc([C@H]2CCN(S(=O)(=O)c3ccc(C)c(F)c3)C2)nc2c1CCN(C(C)=O)C2. The number of sulfonamides is 1. The molecule has 0 unspecified atom stereocenters. The summed E-state index contributed by atoms with van der Waals surface area (Å²) < 4.78 is 41.3. The molecule has 2 aliphatic rings. The summed E-state index contributed by atoms with van der Waals surface area (Å²) in [6.45, 7) is 4.74. The Labute approximate surface area is 181 Å². The Kier molecular flexibility index (Phi) is 5.69. The molecule has 10 heteroatoms. The lowest BCUT2D eigenvalue weighted by atomic mass is 10.0. The molecular weight excluding hydrogens is 421 g/mol. The van der Waals surface area contributed by atoms with Gasteiger partial charge in [0.1, 0.15) is 17.5 Å². The number of aromatic nitrogens is 2. The van der Waals surface area contributed by atoms with Crippen molar-refractivity contribution in [3.8, 4) is 0 Å². The van der Waals surface area contributed by atoms with Crippen molar-refractivity contribution in [2.45, 2.75) is 44.0 Å². The van der Waals surface area contributed by atoms with Crippen LogP contribution in [0.15, 0.2) is 23.1 Å². The number of nitrogens with zero attached hydrogens (tertiary/aromatic N) is 4. The van der Waals surface area contributed by atoms with E-state index in [1.165, 1.54) is 16.4 Å². The molecule has 1 N–H and O–H groups in total. The molecule has 3 heterocycles. The number of carbonyl (C=O) groups excluding carboxylic acids is 1. The standard InChI is InChI=1S/C21H26FN5O3S/c1-13-4-5-16(10-18(13)22)31(29,30)27-9-6-15(11-27)20-24-19-12-26(14(2)28)8-7-17(19)21(23-3)25-20/h4-5,10,15H,6-9,11-12H2,1-3H3,(H,23,24,25)/t15-/m0/s1. The monoisotopic (exact) mass is 447 g/mol. The van der Waals surface area contributed by atoms with E-state index in [2.05, 4.69) is 10.3 Å². The van der Waals surface area contributed by atoms with Gasteiger partial charge in [-0.25, -0.2) is 22.8 Å². The maximum absolute atomic E-state index is 13.9. The minimum Gasteiger partial charge on any atom is -0.373 e. The third kappa shape index (κ3) is 4.01. The van der Waals surface area contributed by atoms with Crippen LogP contribution in [0, 0.1) is 12.7 Å². The van der Waals surface area contributed by atoms with Crippen LogP contribution in [0.5, 0.6) is 0 Å². The predicted molar refractivity (Wildman–Crippen MR) is 114 cm³/mol. The van der Waals surface area contributed by atoms with Crippen LogP contribution < -0.4 is 5.32 Å². The number of anilines is 1. The zero-order valence-corrected chi connectivity index (χ0v) is 18.7. The topological polar surface area (TPSA) is 95.5 Å². The molecule has 2 aromatic rings. The van der Waals surface area contributed by atoms with Gasteiger partial charge >= 0.3 is 0 Å². The summed E-state index contributed by atoms with van der Waals surface area (Å²) in [4.78, 5) is 22.9. The second kappa shape index (κ2) is 8.16. The van der Waals surface area contributed by atoms with Crippen molar-refractivity contribution in [1.82, 2.24) is 19.2 Å². The molecule has 4 rings (SSSR count). The number of fused-ring (bicyclic) bond motifs is 1. The second-order valence-electron chi connectivity index (χ2n) is 8.06. The molecule has 1 aromatic heterocycles. The van der Waals surface area contributed by atoms with Crippen LogP contribution in [-0.4, -0.2) is 60.2 Å². The van der Waals surface area contributed by atoms with Gasteiger partial charge in [0.25, 0.3) is 0 Å². The maximum Gasteiger partial charge on any atom is 0.243 e. The second-order valence-corrected chi connectivity index (χ2v) is 9.99. The summed E-state index contributed by atoms with van der Waals surface area (Å²) >= 11 is 0. The highest BCUT2D eigenvalue weighted by Crippen LogP contribution is 2.32. The fraction of sp³-hybridized carbons (Fsp3) is 0.476. The lowest BCUT2D eigenvalue weighted by molar-refractivity contribution is -0.129. The van der Waals surface area contributed by atoms with Gasteiger partial charge in [-0.15, -0.1) is 0 Å². The van der Waals surface area contributed by atoms with Gasteiger partial charge in [0, 0.05) is 45.1 Å². The Hall–Kier alpha value is -2.59. The zero-order valence-electron chi connectivity index (χ0n) is 17.9. The summed E-state index contributed by atoms with van der Waals surface area (Å²) in [6, 6.07) is 3.98. The van der Waals surface area contributed by atoms with Crippen molar-refractivity contribution in [3.63, 3.8) is 0 Å². The van der Waals surface area contributed by atoms with Gasteiger partial charge in [-0.1, -0.05) is 6.07 Å². The van der Waals surface area contributed by atoms with Crippen LogP contribution >= 0.6 is 0 Å². The number of benzene rings is 1. The van der Waals surface area contributed by atoms with E-state index in [1.807, 2.05) is 0 Å². The van der Waals surface area contributed by atoms with E-state index in [0.29, 0.717) is 43.9 Å².